The maximum absolute atomic E-state index is 5.42. The van der Waals surface area contributed by atoms with Crippen molar-refractivity contribution in [2.75, 3.05) is 19.8 Å². The summed E-state index contributed by atoms with van der Waals surface area (Å²) in [7, 11) is 0. The van der Waals surface area contributed by atoms with Crippen LogP contribution in [0.2, 0.25) is 0 Å². The van der Waals surface area contributed by atoms with Crippen LogP contribution in [0.25, 0.3) is 0 Å². The highest BCUT2D eigenvalue weighted by Gasteiger charge is 2.06. The van der Waals surface area contributed by atoms with Crippen LogP contribution in [0.15, 0.2) is 0 Å². The lowest BCUT2D eigenvalue weighted by Gasteiger charge is -2.19. The SMILES string of the molecule is CCC1COCCCCN1. The highest BCUT2D eigenvalue weighted by Crippen LogP contribution is 1.99. The van der Waals surface area contributed by atoms with Gasteiger partial charge in [0.2, 0.25) is 0 Å². The lowest BCUT2D eigenvalue weighted by atomic mass is 10.2. The number of ether oxygens (including phenoxy) is 1. The molecule has 1 atom stereocenters. The topological polar surface area (TPSA) is 21.3 Å². The molecular formula is C8H17NO. The summed E-state index contributed by atoms with van der Waals surface area (Å²) in [5.74, 6) is 0. The highest BCUT2D eigenvalue weighted by atomic mass is 16.5. The molecule has 0 aromatic rings. The van der Waals surface area contributed by atoms with Gasteiger partial charge in [0, 0.05) is 12.6 Å². The van der Waals surface area contributed by atoms with Gasteiger partial charge in [-0.1, -0.05) is 6.92 Å². The minimum absolute atomic E-state index is 0.597. The zero-order valence-electron chi connectivity index (χ0n) is 6.73. The van der Waals surface area contributed by atoms with Crippen molar-refractivity contribution in [1.29, 1.82) is 0 Å². The van der Waals surface area contributed by atoms with Crippen LogP contribution in [0.3, 0.4) is 0 Å². The van der Waals surface area contributed by atoms with Crippen LogP contribution in [-0.4, -0.2) is 25.8 Å². The Morgan fingerprint density at radius 2 is 2.40 bits per heavy atom. The Morgan fingerprint density at radius 1 is 1.50 bits per heavy atom. The standard InChI is InChI=1S/C8H17NO/c1-2-8-7-10-6-4-3-5-9-8/h8-9H,2-7H2,1H3. The number of rotatable bonds is 1. The molecule has 0 aliphatic carbocycles. The Balaban J connectivity index is 2.16. The maximum Gasteiger partial charge on any atom is 0.0619 e. The molecule has 0 aromatic carbocycles. The van der Waals surface area contributed by atoms with Crippen molar-refractivity contribution in [3.8, 4) is 0 Å². The molecule has 0 radical (unpaired) electrons. The predicted octanol–water partition coefficient (Wildman–Crippen LogP) is 1.17. The second kappa shape index (κ2) is 4.69. The van der Waals surface area contributed by atoms with E-state index in [4.69, 9.17) is 4.74 Å². The van der Waals surface area contributed by atoms with Gasteiger partial charge in [-0.2, -0.15) is 0 Å². The predicted molar refractivity (Wildman–Crippen MR) is 42.1 cm³/mol. The molecule has 1 N–H and O–H groups in total. The van der Waals surface area contributed by atoms with Crippen molar-refractivity contribution in [2.24, 2.45) is 0 Å². The Hall–Kier alpha value is -0.0800. The van der Waals surface area contributed by atoms with Crippen LogP contribution in [0.4, 0.5) is 0 Å². The average Bonchev–Trinajstić information content (AvgIpc) is 1.87. The summed E-state index contributed by atoms with van der Waals surface area (Å²) >= 11 is 0. The van der Waals surface area contributed by atoms with Crippen molar-refractivity contribution in [3.05, 3.63) is 0 Å². The molecule has 1 fully saturated rings. The fourth-order valence-corrected chi connectivity index (χ4v) is 1.18. The van der Waals surface area contributed by atoms with Gasteiger partial charge in [0.15, 0.2) is 0 Å². The van der Waals surface area contributed by atoms with E-state index in [2.05, 4.69) is 12.2 Å². The van der Waals surface area contributed by atoms with Crippen LogP contribution in [0.5, 0.6) is 0 Å². The second-order valence-electron chi connectivity index (χ2n) is 2.84. The summed E-state index contributed by atoms with van der Waals surface area (Å²) in [6.07, 6.45) is 3.65. The molecule has 1 unspecified atom stereocenters. The number of hydrogen-bond acceptors (Lipinski definition) is 2. The van der Waals surface area contributed by atoms with E-state index >= 15 is 0 Å². The van der Waals surface area contributed by atoms with Gasteiger partial charge >= 0.3 is 0 Å². The monoisotopic (exact) mass is 143 g/mol. The molecule has 2 heteroatoms. The molecule has 0 aromatic heterocycles. The molecule has 10 heavy (non-hydrogen) atoms. The largest absolute Gasteiger partial charge is 0.380 e. The molecule has 1 aliphatic heterocycles. The van der Waals surface area contributed by atoms with Crippen molar-refractivity contribution >= 4 is 0 Å². The van der Waals surface area contributed by atoms with E-state index in [9.17, 15) is 0 Å². The zero-order valence-corrected chi connectivity index (χ0v) is 6.73. The fourth-order valence-electron chi connectivity index (χ4n) is 1.18. The summed E-state index contributed by atoms with van der Waals surface area (Å²) in [5.41, 5.74) is 0. The van der Waals surface area contributed by atoms with E-state index in [1.807, 2.05) is 0 Å². The first-order valence-electron chi connectivity index (χ1n) is 4.24. The Kier molecular flexibility index (Phi) is 3.76. The van der Waals surface area contributed by atoms with Gasteiger partial charge in [-0.05, 0) is 25.8 Å². The molecule has 1 heterocycles. The molecule has 0 bridgehead atoms. The van der Waals surface area contributed by atoms with E-state index in [0.717, 1.165) is 13.2 Å². The summed E-state index contributed by atoms with van der Waals surface area (Å²) < 4.78 is 5.42. The van der Waals surface area contributed by atoms with Crippen molar-refractivity contribution < 1.29 is 4.74 Å². The van der Waals surface area contributed by atoms with E-state index in [-0.39, 0.29) is 0 Å². The molecule has 0 amide bonds. The van der Waals surface area contributed by atoms with Gasteiger partial charge in [0.25, 0.3) is 0 Å². The summed E-state index contributed by atoms with van der Waals surface area (Å²) in [6.45, 7) is 5.22. The zero-order chi connectivity index (χ0) is 7.23. The Bertz CT molecular complexity index is 77.3. The highest BCUT2D eigenvalue weighted by molar-refractivity contribution is 4.65. The third kappa shape index (κ3) is 2.67. The Morgan fingerprint density at radius 3 is 3.20 bits per heavy atom. The molecule has 1 saturated heterocycles. The Labute approximate surface area is 63.0 Å². The molecule has 1 rings (SSSR count). The van der Waals surface area contributed by atoms with E-state index in [0.29, 0.717) is 6.04 Å². The number of hydrogen-bond donors (Lipinski definition) is 1. The van der Waals surface area contributed by atoms with E-state index in [1.165, 1.54) is 25.8 Å². The molecule has 2 nitrogen and oxygen atoms in total. The van der Waals surface area contributed by atoms with Gasteiger partial charge in [-0.3, -0.25) is 0 Å². The van der Waals surface area contributed by atoms with Gasteiger partial charge in [0.05, 0.1) is 6.61 Å². The normalized spacial score (nSPS) is 29.1. The number of nitrogens with one attached hydrogen (secondary N) is 1. The third-order valence-electron chi connectivity index (χ3n) is 1.96. The molecule has 60 valence electrons. The van der Waals surface area contributed by atoms with Gasteiger partial charge in [0.1, 0.15) is 0 Å². The van der Waals surface area contributed by atoms with Gasteiger partial charge in [-0.25, -0.2) is 0 Å². The van der Waals surface area contributed by atoms with Crippen LogP contribution in [-0.2, 0) is 4.74 Å². The molecule has 0 spiro atoms. The summed E-state index contributed by atoms with van der Waals surface area (Å²) in [4.78, 5) is 0. The van der Waals surface area contributed by atoms with Gasteiger partial charge < -0.3 is 10.1 Å². The van der Waals surface area contributed by atoms with Crippen molar-refractivity contribution in [3.63, 3.8) is 0 Å². The first kappa shape index (κ1) is 8.02. The summed E-state index contributed by atoms with van der Waals surface area (Å²) in [5, 5.41) is 3.45. The molecular weight excluding hydrogens is 126 g/mol. The molecule has 1 aliphatic rings. The minimum Gasteiger partial charge on any atom is -0.380 e. The first-order chi connectivity index (χ1) is 4.93. The smallest absolute Gasteiger partial charge is 0.0619 e. The van der Waals surface area contributed by atoms with Crippen molar-refractivity contribution in [2.45, 2.75) is 32.2 Å². The minimum atomic E-state index is 0.597. The quantitative estimate of drug-likeness (QED) is 0.595. The van der Waals surface area contributed by atoms with Crippen LogP contribution in [0.1, 0.15) is 26.2 Å². The lowest BCUT2D eigenvalue weighted by Crippen LogP contribution is -2.35. The average molecular weight is 143 g/mol. The maximum atomic E-state index is 5.42. The second-order valence-corrected chi connectivity index (χ2v) is 2.84. The van der Waals surface area contributed by atoms with E-state index < -0.39 is 0 Å². The van der Waals surface area contributed by atoms with Crippen LogP contribution < -0.4 is 5.32 Å². The van der Waals surface area contributed by atoms with Gasteiger partial charge in [-0.15, -0.1) is 0 Å². The summed E-state index contributed by atoms with van der Waals surface area (Å²) in [6, 6.07) is 0.597. The van der Waals surface area contributed by atoms with Crippen LogP contribution in [0, 0.1) is 0 Å². The van der Waals surface area contributed by atoms with Crippen LogP contribution >= 0.6 is 0 Å². The van der Waals surface area contributed by atoms with E-state index in [1.54, 1.807) is 0 Å². The van der Waals surface area contributed by atoms with Crippen molar-refractivity contribution in [1.82, 2.24) is 5.32 Å². The fraction of sp³-hybridized carbons (Fsp3) is 1.00. The first-order valence-corrected chi connectivity index (χ1v) is 4.24. The molecule has 0 saturated carbocycles. The third-order valence-corrected chi connectivity index (χ3v) is 1.96. The lowest BCUT2D eigenvalue weighted by molar-refractivity contribution is 0.0960.